The minimum absolute atomic E-state index is 0.452. The standard InChI is InChI=1S/C12H12N6/c1-8-6-11(18-14)17-12(15-8)16-10-4-2-9(7-13)3-5-10/h2-6H,14H2,1H3,(H2,15,16,17,18). The highest BCUT2D eigenvalue weighted by Crippen LogP contribution is 2.15. The van der Waals surface area contributed by atoms with Gasteiger partial charge in [-0.2, -0.15) is 10.2 Å². The molecule has 0 fully saturated rings. The summed E-state index contributed by atoms with van der Waals surface area (Å²) < 4.78 is 0. The first-order chi connectivity index (χ1) is 8.71. The highest BCUT2D eigenvalue weighted by molar-refractivity contribution is 5.56. The molecule has 0 aliphatic rings. The van der Waals surface area contributed by atoms with Crippen molar-refractivity contribution in [2.24, 2.45) is 5.84 Å². The van der Waals surface area contributed by atoms with Crippen LogP contribution in [0, 0.1) is 18.3 Å². The number of hydrogen-bond donors (Lipinski definition) is 3. The lowest BCUT2D eigenvalue weighted by atomic mass is 10.2. The number of aromatic nitrogens is 2. The Balaban J connectivity index is 2.22. The molecule has 1 aromatic carbocycles. The molecule has 0 saturated heterocycles. The van der Waals surface area contributed by atoms with E-state index in [0.717, 1.165) is 11.4 Å². The molecule has 0 saturated carbocycles. The normalized spacial score (nSPS) is 9.61. The molecule has 6 heteroatoms. The van der Waals surface area contributed by atoms with E-state index in [0.29, 0.717) is 17.3 Å². The molecule has 90 valence electrons. The molecule has 18 heavy (non-hydrogen) atoms. The quantitative estimate of drug-likeness (QED) is 0.557. The Bertz CT molecular complexity index is 585. The minimum Gasteiger partial charge on any atom is -0.324 e. The summed E-state index contributed by atoms with van der Waals surface area (Å²) in [5.41, 5.74) is 4.69. The fourth-order valence-corrected chi connectivity index (χ4v) is 1.46. The van der Waals surface area contributed by atoms with Crippen LogP contribution in [0.5, 0.6) is 0 Å². The number of rotatable bonds is 3. The van der Waals surface area contributed by atoms with Crippen molar-refractivity contribution < 1.29 is 0 Å². The molecule has 6 nitrogen and oxygen atoms in total. The van der Waals surface area contributed by atoms with Crippen molar-refractivity contribution in [3.8, 4) is 6.07 Å². The first-order valence-electron chi connectivity index (χ1n) is 5.31. The maximum Gasteiger partial charge on any atom is 0.229 e. The minimum atomic E-state index is 0.452. The summed E-state index contributed by atoms with van der Waals surface area (Å²) in [5.74, 6) is 6.31. The smallest absolute Gasteiger partial charge is 0.229 e. The van der Waals surface area contributed by atoms with E-state index in [1.54, 1.807) is 30.3 Å². The van der Waals surface area contributed by atoms with Crippen LogP contribution in [0.1, 0.15) is 11.3 Å². The van der Waals surface area contributed by atoms with Gasteiger partial charge in [0.05, 0.1) is 11.6 Å². The van der Waals surface area contributed by atoms with Crippen molar-refractivity contribution in [2.75, 3.05) is 10.7 Å². The van der Waals surface area contributed by atoms with Gasteiger partial charge in [0.1, 0.15) is 5.82 Å². The van der Waals surface area contributed by atoms with E-state index in [-0.39, 0.29) is 0 Å². The first kappa shape index (κ1) is 11.8. The van der Waals surface area contributed by atoms with Crippen LogP contribution in [-0.4, -0.2) is 9.97 Å². The Morgan fingerprint density at radius 2 is 1.94 bits per heavy atom. The second kappa shape index (κ2) is 5.12. The molecule has 0 atom stereocenters. The van der Waals surface area contributed by atoms with E-state index in [1.165, 1.54) is 0 Å². The van der Waals surface area contributed by atoms with Crippen molar-refractivity contribution in [1.82, 2.24) is 9.97 Å². The molecule has 0 amide bonds. The number of benzene rings is 1. The Labute approximate surface area is 104 Å². The number of hydrazine groups is 1. The van der Waals surface area contributed by atoms with E-state index in [4.69, 9.17) is 11.1 Å². The maximum atomic E-state index is 8.71. The molecule has 4 N–H and O–H groups in total. The molecule has 2 rings (SSSR count). The number of nitrogen functional groups attached to an aromatic ring is 1. The lowest BCUT2D eigenvalue weighted by molar-refractivity contribution is 1.09. The van der Waals surface area contributed by atoms with Crippen LogP contribution in [-0.2, 0) is 0 Å². The molecule has 2 aromatic rings. The van der Waals surface area contributed by atoms with Crippen molar-refractivity contribution in [1.29, 1.82) is 5.26 Å². The second-order valence-electron chi connectivity index (χ2n) is 3.68. The van der Waals surface area contributed by atoms with Gasteiger partial charge in [-0.05, 0) is 31.2 Å². The summed E-state index contributed by atoms with van der Waals surface area (Å²) in [7, 11) is 0. The van der Waals surface area contributed by atoms with Crippen LogP contribution in [0.25, 0.3) is 0 Å². The van der Waals surface area contributed by atoms with Crippen molar-refractivity contribution in [3.05, 3.63) is 41.6 Å². The summed E-state index contributed by atoms with van der Waals surface area (Å²) in [6, 6.07) is 10.8. The predicted octanol–water partition coefficient (Wildman–Crippen LogP) is 1.69. The number of nitrogens with one attached hydrogen (secondary N) is 2. The van der Waals surface area contributed by atoms with Crippen molar-refractivity contribution in [2.45, 2.75) is 6.92 Å². The zero-order valence-corrected chi connectivity index (χ0v) is 9.81. The zero-order chi connectivity index (χ0) is 13.0. The molecule has 0 aliphatic heterocycles. The van der Waals surface area contributed by atoms with Crippen LogP contribution in [0.3, 0.4) is 0 Å². The molecule has 0 aliphatic carbocycles. The van der Waals surface area contributed by atoms with E-state index in [9.17, 15) is 0 Å². The van der Waals surface area contributed by atoms with E-state index >= 15 is 0 Å². The van der Waals surface area contributed by atoms with E-state index in [2.05, 4.69) is 26.8 Å². The fraction of sp³-hybridized carbons (Fsp3) is 0.0833. The number of hydrogen-bond acceptors (Lipinski definition) is 6. The molecule has 0 spiro atoms. The Morgan fingerprint density at radius 3 is 2.56 bits per heavy atom. The van der Waals surface area contributed by atoms with Gasteiger partial charge in [-0.25, -0.2) is 10.8 Å². The maximum absolute atomic E-state index is 8.71. The third-order valence-electron chi connectivity index (χ3n) is 2.27. The SMILES string of the molecule is Cc1cc(NN)nc(Nc2ccc(C#N)cc2)n1. The van der Waals surface area contributed by atoms with Gasteiger partial charge in [-0.3, -0.25) is 0 Å². The van der Waals surface area contributed by atoms with Crippen LogP contribution in [0.15, 0.2) is 30.3 Å². The topological polar surface area (TPSA) is 99.6 Å². The summed E-state index contributed by atoms with van der Waals surface area (Å²) in [4.78, 5) is 8.40. The number of nitriles is 1. The molecule has 1 heterocycles. The predicted molar refractivity (Wildman–Crippen MR) is 69.0 cm³/mol. The lowest BCUT2D eigenvalue weighted by Gasteiger charge is -2.07. The summed E-state index contributed by atoms with van der Waals surface area (Å²) in [6.45, 7) is 1.85. The molecule has 0 radical (unpaired) electrons. The molecular formula is C12H12N6. The first-order valence-corrected chi connectivity index (χ1v) is 5.31. The van der Waals surface area contributed by atoms with Gasteiger partial charge < -0.3 is 10.7 Å². The summed E-state index contributed by atoms with van der Waals surface area (Å²) >= 11 is 0. The van der Waals surface area contributed by atoms with Crippen LogP contribution in [0.2, 0.25) is 0 Å². The third-order valence-corrected chi connectivity index (χ3v) is 2.27. The molecular weight excluding hydrogens is 228 g/mol. The third kappa shape index (κ3) is 2.72. The summed E-state index contributed by atoms with van der Waals surface area (Å²) in [5, 5.41) is 11.7. The van der Waals surface area contributed by atoms with Gasteiger partial charge in [-0.15, -0.1) is 0 Å². The van der Waals surface area contributed by atoms with Gasteiger partial charge in [-0.1, -0.05) is 0 Å². The average molecular weight is 240 g/mol. The van der Waals surface area contributed by atoms with Gasteiger partial charge in [0.15, 0.2) is 0 Å². The molecule has 0 bridgehead atoms. The number of aryl methyl sites for hydroxylation is 1. The number of nitrogens with two attached hydrogens (primary N) is 1. The summed E-state index contributed by atoms with van der Waals surface area (Å²) in [6.07, 6.45) is 0. The van der Waals surface area contributed by atoms with Gasteiger partial charge in [0.2, 0.25) is 5.95 Å². The van der Waals surface area contributed by atoms with Gasteiger partial charge in [0.25, 0.3) is 0 Å². The van der Waals surface area contributed by atoms with E-state index < -0.39 is 0 Å². The second-order valence-corrected chi connectivity index (χ2v) is 3.68. The molecule has 1 aromatic heterocycles. The molecule has 0 unspecified atom stereocenters. The monoisotopic (exact) mass is 240 g/mol. The highest BCUT2D eigenvalue weighted by Gasteiger charge is 2.02. The Hall–Kier alpha value is -2.65. The Morgan fingerprint density at radius 1 is 1.22 bits per heavy atom. The van der Waals surface area contributed by atoms with Gasteiger partial charge in [0, 0.05) is 17.4 Å². The Kier molecular flexibility index (Phi) is 3.36. The van der Waals surface area contributed by atoms with Crippen molar-refractivity contribution in [3.63, 3.8) is 0 Å². The van der Waals surface area contributed by atoms with Crippen LogP contribution in [0.4, 0.5) is 17.5 Å². The van der Waals surface area contributed by atoms with Crippen molar-refractivity contribution >= 4 is 17.5 Å². The number of anilines is 3. The van der Waals surface area contributed by atoms with Crippen LogP contribution >= 0.6 is 0 Å². The largest absolute Gasteiger partial charge is 0.324 e. The average Bonchev–Trinajstić information content (AvgIpc) is 2.39. The fourth-order valence-electron chi connectivity index (χ4n) is 1.46. The van der Waals surface area contributed by atoms with Crippen LogP contribution < -0.4 is 16.6 Å². The zero-order valence-electron chi connectivity index (χ0n) is 9.81. The van der Waals surface area contributed by atoms with Gasteiger partial charge >= 0.3 is 0 Å². The van der Waals surface area contributed by atoms with E-state index in [1.807, 2.05) is 6.92 Å². The number of nitrogens with zero attached hydrogens (tertiary/aromatic N) is 3. The highest BCUT2D eigenvalue weighted by atomic mass is 15.3. The lowest BCUT2D eigenvalue weighted by Crippen LogP contribution is -2.10.